The van der Waals surface area contributed by atoms with E-state index in [9.17, 15) is 0 Å². The van der Waals surface area contributed by atoms with Gasteiger partial charge in [-0.3, -0.25) is 4.84 Å². The van der Waals surface area contributed by atoms with E-state index in [1.54, 1.807) is 19.3 Å². The van der Waals surface area contributed by atoms with Crippen molar-refractivity contribution >= 4 is 40.8 Å². The molecule has 0 atom stereocenters. The van der Waals surface area contributed by atoms with Gasteiger partial charge in [-0.25, -0.2) is 25.0 Å². The summed E-state index contributed by atoms with van der Waals surface area (Å²) in [5.74, 6) is 0.501. The van der Waals surface area contributed by atoms with Crippen LogP contribution in [0.3, 0.4) is 0 Å². The molecule has 0 bridgehead atoms. The molecule has 116 valence electrons. The number of rotatable bonds is 3. The van der Waals surface area contributed by atoms with Gasteiger partial charge < -0.3 is 4.74 Å². The molecule has 0 radical (unpaired) electrons. The molecule has 1 aliphatic heterocycles. The standard InChI is InChI=1S/C12H12ClN5O2S2/c1-19-9-6-4-18(20-2)7-8(13)16-12(21-3)17-11(7)22-10(6)15-5-14-9/h5H,4H2,1-3H3. The molecule has 3 rings (SSSR count). The van der Waals surface area contributed by atoms with Crippen molar-refractivity contribution in [1.29, 1.82) is 0 Å². The van der Waals surface area contributed by atoms with Crippen LogP contribution in [0.25, 0.3) is 0 Å². The number of fused-ring (bicyclic) bond motifs is 2. The van der Waals surface area contributed by atoms with Gasteiger partial charge in [-0.1, -0.05) is 23.4 Å². The molecule has 0 saturated heterocycles. The molecule has 7 nitrogen and oxygen atoms in total. The fourth-order valence-corrected chi connectivity index (χ4v) is 3.79. The number of hydrogen-bond acceptors (Lipinski definition) is 9. The van der Waals surface area contributed by atoms with E-state index in [0.29, 0.717) is 33.4 Å². The zero-order valence-electron chi connectivity index (χ0n) is 12.0. The van der Waals surface area contributed by atoms with Gasteiger partial charge in [0, 0.05) is 0 Å². The van der Waals surface area contributed by atoms with Crippen molar-refractivity contribution in [1.82, 2.24) is 19.9 Å². The Hall–Kier alpha value is -1.29. The third-order valence-corrected chi connectivity index (χ3v) is 4.83. The molecular weight excluding hydrogens is 346 g/mol. The van der Waals surface area contributed by atoms with Crippen LogP contribution in [0, 0.1) is 0 Å². The number of methoxy groups -OCH3 is 1. The molecule has 0 spiro atoms. The van der Waals surface area contributed by atoms with Crippen LogP contribution < -0.4 is 9.80 Å². The van der Waals surface area contributed by atoms with Crippen LogP contribution in [0.5, 0.6) is 5.88 Å². The number of hydrogen-bond donors (Lipinski definition) is 0. The van der Waals surface area contributed by atoms with E-state index < -0.39 is 0 Å². The van der Waals surface area contributed by atoms with Crippen molar-refractivity contribution in [2.75, 3.05) is 25.5 Å². The first-order valence-corrected chi connectivity index (χ1v) is 8.58. The number of hydroxylamine groups is 1. The second-order valence-corrected chi connectivity index (χ2v) is 6.25. The highest BCUT2D eigenvalue weighted by atomic mass is 35.5. The third kappa shape index (κ3) is 2.69. The summed E-state index contributed by atoms with van der Waals surface area (Å²) in [6.07, 6.45) is 3.36. The smallest absolute Gasteiger partial charge is 0.222 e. The predicted molar refractivity (Wildman–Crippen MR) is 84.7 cm³/mol. The van der Waals surface area contributed by atoms with Crippen LogP contribution in [-0.4, -0.2) is 40.4 Å². The van der Waals surface area contributed by atoms with Crippen LogP contribution in [0.2, 0.25) is 5.15 Å². The van der Waals surface area contributed by atoms with Crippen molar-refractivity contribution < 1.29 is 9.57 Å². The number of aromatic nitrogens is 4. The van der Waals surface area contributed by atoms with Gasteiger partial charge in [0.05, 0.1) is 26.3 Å². The summed E-state index contributed by atoms with van der Waals surface area (Å²) in [6.45, 7) is 0.386. The molecule has 0 fully saturated rings. The second-order valence-electron chi connectivity index (χ2n) is 4.14. The quantitative estimate of drug-likeness (QED) is 0.468. The summed E-state index contributed by atoms with van der Waals surface area (Å²) in [7, 11) is 3.13. The van der Waals surface area contributed by atoms with E-state index in [1.165, 1.54) is 29.9 Å². The van der Waals surface area contributed by atoms with E-state index in [4.69, 9.17) is 21.2 Å². The number of halogens is 1. The maximum Gasteiger partial charge on any atom is 0.222 e. The summed E-state index contributed by atoms with van der Waals surface area (Å²) in [4.78, 5) is 22.7. The second kappa shape index (κ2) is 6.45. The van der Waals surface area contributed by atoms with Crippen molar-refractivity contribution in [3.63, 3.8) is 0 Å². The molecule has 2 aromatic rings. The minimum atomic E-state index is 0.337. The van der Waals surface area contributed by atoms with Crippen LogP contribution in [0.1, 0.15) is 5.56 Å². The molecule has 0 N–H and O–H groups in total. The van der Waals surface area contributed by atoms with E-state index >= 15 is 0 Å². The molecule has 2 aromatic heterocycles. The zero-order chi connectivity index (χ0) is 15.7. The fraction of sp³-hybridized carbons (Fsp3) is 0.333. The van der Waals surface area contributed by atoms with E-state index in [1.807, 2.05) is 6.26 Å². The number of ether oxygens (including phenoxy) is 1. The Balaban J connectivity index is 2.19. The summed E-state index contributed by atoms with van der Waals surface area (Å²) in [5, 5.41) is 3.99. The Morgan fingerprint density at radius 2 is 2.09 bits per heavy atom. The molecule has 3 heterocycles. The Morgan fingerprint density at radius 3 is 2.77 bits per heavy atom. The van der Waals surface area contributed by atoms with Gasteiger partial charge in [0.15, 0.2) is 10.3 Å². The molecule has 0 saturated carbocycles. The molecular formula is C12H12ClN5O2S2. The number of thioether (sulfide) groups is 1. The van der Waals surface area contributed by atoms with Crippen LogP contribution in [0.4, 0.5) is 5.69 Å². The van der Waals surface area contributed by atoms with E-state index in [2.05, 4.69) is 19.9 Å². The first-order valence-electron chi connectivity index (χ1n) is 6.16. The van der Waals surface area contributed by atoms with Crippen molar-refractivity contribution in [2.24, 2.45) is 0 Å². The third-order valence-electron chi connectivity index (χ3n) is 3.00. The average Bonchev–Trinajstić information content (AvgIpc) is 2.70. The highest BCUT2D eigenvalue weighted by molar-refractivity contribution is 7.99. The summed E-state index contributed by atoms with van der Waals surface area (Å²) in [6, 6.07) is 0. The van der Waals surface area contributed by atoms with Gasteiger partial charge in [-0.15, -0.1) is 0 Å². The van der Waals surface area contributed by atoms with Gasteiger partial charge in [0.1, 0.15) is 22.1 Å². The molecule has 0 unspecified atom stereocenters. The monoisotopic (exact) mass is 357 g/mol. The van der Waals surface area contributed by atoms with Gasteiger partial charge >= 0.3 is 0 Å². The predicted octanol–water partition coefficient (Wildman–Crippen LogP) is 2.68. The van der Waals surface area contributed by atoms with Crippen LogP contribution in [0.15, 0.2) is 21.5 Å². The van der Waals surface area contributed by atoms with Crippen LogP contribution in [-0.2, 0) is 11.4 Å². The minimum absolute atomic E-state index is 0.337. The SMILES string of the molecule is COc1ncnc2c1CN(OC)c1c(Cl)nc(SC)nc1S2. The first kappa shape index (κ1) is 15.6. The van der Waals surface area contributed by atoms with Gasteiger partial charge in [0.25, 0.3) is 0 Å². The Labute approximate surface area is 140 Å². The fourth-order valence-electron chi connectivity index (χ4n) is 2.01. The van der Waals surface area contributed by atoms with E-state index in [-0.39, 0.29) is 0 Å². The van der Waals surface area contributed by atoms with Gasteiger partial charge in [-0.05, 0) is 18.0 Å². The first-order chi connectivity index (χ1) is 10.7. The summed E-state index contributed by atoms with van der Waals surface area (Å²) >= 11 is 9.14. The maximum absolute atomic E-state index is 6.32. The number of nitrogens with zero attached hydrogens (tertiary/aromatic N) is 5. The molecule has 0 aliphatic carbocycles. The lowest BCUT2D eigenvalue weighted by atomic mass is 10.3. The average molecular weight is 358 g/mol. The molecule has 0 amide bonds. The van der Waals surface area contributed by atoms with Gasteiger partial charge in [0.2, 0.25) is 5.88 Å². The molecule has 0 aromatic carbocycles. The van der Waals surface area contributed by atoms with Crippen LogP contribution >= 0.6 is 35.1 Å². The molecule has 22 heavy (non-hydrogen) atoms. The Kier molecular flexibility index (Phi) is 4.57. The normalized spacial score (nSPS) is 13.4. The summed E-state index contributed by atoms with van der Waals surface area (Å²) in [5.41, 5.74) is 1.43. The largest absolute Gasteiger partial charge is 0.481 e. The lowest BCUT2D eigenvalue weighted by Gasteiger charge is -2.22. The van der Waals surface area contributed by atoms with Gasteiger partial charge in [-0.2, -0.15) is 0 Å². The Bertz CT molecular complexity index is 718. The Morgan fingerprint density at radius 1 is 1.27 bits per heavy atom. The maximum atomic E-state index is 6.32. The summed E-state index contributed by atoms with van der Waals surface area (Å²) < 4.78 is 5.32. The molecule has 10 heteroatoms. The van der Waals surface area contributed by atoms with Crippen molar-refractivity contribution in [2.45, 2.75) is 21.8 Å². The topological polar surface area (TPSA) is 73.3 Å². The highest BCUT2D eigenvalue weighted by Crippen LogP contribution is 2.44. The molecule has 1 aliphatic rings. The minimum Gasteiger partial charge on any atom is -0.481 e. The zero-order valence-corrected chi connectivity index (χ0v) is 14.4. The van der Waals surface area contributed by atoms with Crippen molar-refractivity contribution in [3.8, 4) is 5.88 Å². The lowest BCUT2D eigenvalue weighted by molar-refractivity contribution is 0.159. The highest BCUT2D eigenvalue weighted by Gasteiger charge is 2.28. The van der Waals surface area contributed by atoms with E-state index in [0.717, 1.165) is 10.6 Å². The lowest BCUT2D eigenvalue weighted by Crippen LogP contribution is -2.22. The van der Waals surface area contributed by atoms with Crippen molar-refractivity contribution in [3.05, 3.63) is 17.0 Å². The number of anilines is 1.